The first-order valence-electron chi connectivity index (χ1n) is 6.75. The molecule has 2 aromatic rings. The zero-order valence-electron chi connectivity index (χ0n) is 11.3. The fraction of sp³-hybridized carbons (Fsp3) is 0.222. The molecule has 0 N–H and O–H groups in total. The van der Waals surface area contributed by atoms with Crippen molar-refractivity contribution in [3.63, 3.8) is 0 Å². The van der Waals surface area contributed by atoms with Gasteiger partial charge in [-0.1, -0.05) is 93.4 Å². The molecular weight excluding hydrogens is 376 g/mol. The maximum Gasteiger partial charge on any atom is 0.0220 e. The number of halogens is 2. The molecule has 0 aromatic heterocycles. The van der Waals surface area contributed by atoms with Gasteiger partial charge in [-0.25, -0.2) is 0 Å². The Bertz CT molecular complexity index is 700. The van der Waals surface area contributed by atoms with Crippen LogP contribution in [0.5, 0.6) is 0 Å². The highest BCUT2D eigenvalue weighted by Gasteiger charge is 2.33. The van der Waals surface area contributed by atoms with Crippen molar-refractivity contribution in [2.24, 2.45) is 5.41 Å². The zero-order valence-corrected chi connectivity index (χ0v) is 14.5. The molecule has 0 fully saturated rings. The van der Waals surface area contributed by atoms with Crippen molar-refractivity contribution in [1.29, 1.82) is 0 Å². The second-order valence-electron chi connectivity index (χ2n) is 5.54. The van der Waals surface area contributed by atoms with Crippen LogP contribution in [0.15, 0.2) is 65.2 Å². The summed E-state index contributed by atoms with van der Waals surface area (Å²) in [5, 5.41) is 3.57. The number of benzene rings is 2. The van der Waals surface area contributed by atoms with Gasteiger partial charge in [0, 0.05) is 21.1 Å². The van der Waals surface area contributed by atoms with E-state index < -0.39 is 0 Å². The van der Waals surface area contributed by atoms with Crippen LogP contribution in [0, 0.1) is 5.41 Å². The largest absolute Gasteiger partial charge is 0.0918 e. The van der Waals surface area contributed by atoms with E-state index in [1.807, 2.05) is 0 Å². The van der Waals surface area contributed by atoms with Crippen molar-refractivity contribution < 1.29 is 0 Å². The van der Waals surface area contributed by atoms with Crippen LogP contribution in [0.25, 0.3) is 10.8 Å². The minimum atomic E-state index is 0.0986. The lowest BCUT2D eigenvalue weighted by Crippen LogP contribution is -2.26. The van der Waals surface area contributed by atoms with Crippen molar-refractivity contribution in [3.05, 3.63) is 70.7 Å². The van der Waals surface area contributed by atoms with Gasteiger partial charge in [0.05, 0.1) is 0 Å². The lowest BCUT2D eigenvalue weighted by Gasteiger charge is -2.35. The van der Waals surface area contributed by atoms with Gasteiger partial charge in [0.2, 0.25) is 0 Å². The molecule has 102 valence electrons. The summed E-state index contributed by atoms with van der Waals surface area (Å²) in [6, 6.07) is 13.0. The Labute approximate surface area is 136 Å². The first-order chi connectivity index (χ1) is 9.65. The lowest BCUT2D eigenvalue weighted by atomic mass is 9.71. The van der Waals surface area contributed by atoms with E-state index in [1.165, 1.54) is 20.8 Å². The molecule has 0 saturated heterocycles. The van der Waals surface area contributed by atoms with Gasteiger partial charge in [-0.15, -0.1) is 0 Å². The highest BCUT2D eigenvalue weighted by molar-refractivity contribution is 9.10. The monoisotopic (exact) mass is 390 g/mol. The lowest BCUT2D eigenvalue weighted by molar-refractivity contribution is 0.436. The second kappa shape index (κ2) is 5.50. The van der Waals surface area contributed by atoms with Crippen molar-refractivity contribution >= 4 is 42.6 Å². The van der Waals surface area contributed by atoms with Crippen LogP contribution in [0.1, 0.15) is 18.4 Å². The van der Waals surface area contributed by atoms with E-state index in [4.69, 9.17) is 0 Å². The third kappa shape index (κ3) is 2.29. The molecular formula is C18H16Br2. The fourth-order valence-corrected chi connectivity index (χ4v) is 4.04. The molecule has 2 atom stereocenters. The van der Waals surface area contributed by atoms with E-state index >= 15 is 0 Å². The molecule has 0 saturated carbocycles. The molecule has 3 rings (SSSR count). The van der Waals surface area contributed by atoms with Gasteiger partial charge in [0.15, 0.2) is 0 Å². The van der Waals surface area contributed by atoms with Crippen molar-refractivity contribution in [1.82, 2.24) is 0 Å². The quantitative estimate of drug-likeness (QED) is 0.533. The number of hydrogen-bond acceptors (Lipinski definition) is 0. The number of hydrogen-bond donors (Lipinski definition) is 0. The third-order valence-electron chi connectivity index (χ3n) is 4.12. The van der Waals surface area contributed by atoms with Crippen LogP contribution >= 0.6 is 31.9 Å². The maximum absolute atomic E-state index is 3.76. The minimum Gasteiger partial charge on any atom is -0.0918 e. The van der Waals surface area contributed by atoms with Crippen molar-refractivity contribution in [3.8, 4) is 0 Å². The molecule has 0 bridgehead atoms. The summed E-state index contributed by atoms with van der Waals surface area (Å²) >= 11 is 7.45. The number of alkyl halides is 1. The van der Waals surface area contributed by atoms with Crippen LogP contribution in [-0.4, -0.2) is 5.33 Å². The Morgan fingerprint density at radius 1 is 1.10 bits per heavy atom. The average Bonchev–Trinajstić information content (AvgIpc) is 2.48. The smallest absolute Gasteiger partial charge is 0.0220 e. The molecule has 0 nitrogen and oxygen atoms in total. The normalized spacial score (nSPS) is 25.2. The standard InChI is InChI=1S/C18H16Br2/c1-18(12-19)11-5-4-8-15(18)17-14-7-3-2-6-13(14)9-10-16(17)20/h2-11,15H,12H2,1H3. The molecule has 0 aliphatic heterocycles. The summed E-state index contributed by atoms with van der Waals surface area (Å²) in [7, 11) is 0. The van der Waals surface area contributed by atoms with Crippen molar-refractivity contribution in [2.45, 2.75) is 12.8 Å². The van der Waals surface area contributed by atoms with Gasteiger partial charge in [-0.05, 0) is 22.4 Å². The van der Waals surface area contributed by atoms with E-state index in [1.54, 1.807) is 0 Å². The summed E-state index contributed by atoms with van der Waals surface area (Å²) in [5.41, 5.74) is 1.48. The summed E-state index contributed by atoms with van der Waals surface area (Å²) < 4.78 is 1.19. The highest BCUT2D eigenvalue weighted by atomic mass is 79.9. The van der Waals surface area contributed by atoms with Crippen LogP contribution in [0.3, 0.4) is 0 Å². The van der Waals surface area contributed by atoms with E-state index in [9.17, 15) is 0 Å². The summed E-state index contributed by atoms with van der Waals surface area (Å²) in [6.45, 7) is 2.31. The highest BCUT2D eigenvalue weighted by Crippen LogP contribution is 2.46. The molecule has 0 radical (unpaired) electrons. The van der Waals surface area contributed by atoms with E-state index in [0.717, 1.165) is 5.33 Å². The molecule has 1 aliphatic rings. The van der Waals surface area contributed by atoms with Crippen molar-refractivity contribution in [2.75, 3.05) is 5.33 Å². The van der Waals surface area contributed by atoms with Gasteiger partial charge >= 0.3 is 0 Å². The molecule has 0 amide bonds. The van der Waals surface area contributed by atoms with E-state index in [2.05, 4.69) is 99.5 Å². The molecule has 2 aromatic carbocycles. The molecule has 0 spiro atoms. The van der Waals surface area contributed by atoms with Gasteiger partial charge in [0.25, 0.3) is 0 Å². The van der Waals surface area contributed by atoms with Crippen LogP contribution in [-0.2, 0) is 0 Å². The number of rotatable bonds is 2. The van der Waals surface area contributed by atoms with E-state index in [0.29, 0.717) is 5.92 Å². The summed E-state index contributed by atoms with van der Waals surface area (Å²) in [5.74, 6) is 0.368. The zero-order chi connectivity index (χ0) is 14.2. The SMILES string of the molecule is CC1(CBr)C=CC=CC1c1c(Br)ccc2ccccc12. The molecule has 2 unspecified atom stereocenters. The Hall–Kier alpha value is -0.860. The first-order valence-corrected chi connectivity index (χ1v) is 8.66. The Morgan fingerprint density at radius 3 is 2.70 bits per heavy atom. The van der Waals surface area contributed by atoms with Gasteiger partial charge in [-0.2, -0.15) is 0 Å². The summed E-state index contributed by atoms with van der Waals surface area (Å²) in [4.78, 5) is 0. The van der Waals surface area contributed by atoms with Gasteiger partial charge < -0.3 is 0 Å². The predicted octanol–water partition coefficient (Wildman–Crippen LogP) is 6.21. The second-order valence-corrected chi connectivity index (χ2v) is 6.96. The van der Waals surface area contributed by atoms with E-state index in [-0.39, 0.29) is 5.41 Å². The Morgan fingerprint density at radius 2 is 1.90 bits per heavy atom. The molecule has 1 aliphatic carbocycles. The fourth-order valence-electron chi connectivity index (χ4n) is 2.91. The predicted molar refractivity (Wildman–Crippen MR) is 94.6 cm³/mol. The van der Waals surface area contributed by atoms with Crippen LogP contribution in [0.2, 0.25) is 0 Å². The van der Waals surface area contributed by atoms with Crippen LogP contribution in [0.4, 0.5) is 0 Å². The number of allylic oxidation sites excluding steroid dienone is 4. The van der Waals surface area contributed by atoms with Gasteiger partial charge in [0.1, 0.15) is 0 Å². The molecule has 20 heavy (non-hydrogen) atoms. The third-order valence-corrected chi connectivity index (χ3v) is 6.02. The topological polar surface area (TPSA) is 0 Å². The summed E-state index contributed by atoms with van der Waals surface area (Å²) in [6.07, 6.45) is 8.93. The first kappa shape index (κ1) is 14.1. The Kier molecular flexibility index (Phi) is 3.87. The minimum absolute atomic E-state index is 0.0986. The van der Waals surface area contributed by atoms with Gasteiger partial charge in [-0.3, -0.25) is 0 Å². The molecule has 0 heterocycles. The Balaban J connectivity index is 2.26. The molecule has 2 heteroatoms. The average molecular weight is 392 g/mol. The maximum atomic E-state index is 3.76. The number of fused-ring (bicyclic) bond motifs is 1. The van der Waals surface area contributed by atoms with Crippen LogP contribution < -0.4 is 0 Å².